The Hall–Kier alpha value is -1.76. The van der Waals surface area contributed by atoms with Crippen LogP contribution in [0.2, 0.25) is 0 Å². The number of hydrogen-bond donors (Lipinski definition) is 3. The van der Waals surface area contributed by atoms with Crippen LogP contribution in [0.5, 0.6) is 0 Å². The predicted octanol–water partition coefficient (Wildman–Crippen LogP) is 1.92. The third kappa shape index (κ3) is 4.62. The highest BCUT2D eigenvalue weighted by Crippen LogP contribution is 2.30. The Balaban J connectivity index is 2.60. The van der Waals surface area contributed by atoms with Gasteiger partial charge in [-0.05, 0) is 18.2 Å². The van der Waals surface area contributed by atoms with Gasteiger partial charge in [0.2, 0.25) is 0 Å². The molecule has 4 nitrogen and oxygen atoms in total. The van der Waals surface area contributed by atoms with E-state index >= 15 is 0 Å². The van der Waals surface area contributed by atoms with Crippen LogP contribution in [-0.2, 0) is 11.0 Å². The second kappa shape index (κ2) is 5.72. The van der Waals surface area contributed by atoms with Crippen molar-refractivity contribution in [3.05, 3.63) is 29.8 Å². The zero-order valence-electron chi connectivity index (χ0n) is 9.37. The highest BCUT2D eigenvalue weighted by atomic mass is 19.4. The van der Waals surface area contributed by atoms with Crippen LogP contribution in [-0.4, -0.2) is 23.7 Å². The van der Waals surface area contributed by atoms with E-state index in [1.54, 1.807) is 0 Å². The molecule has 1 rings (SSSR count). The molecule has 0 saturated carbocycles. The lowest BCUT2D eigenvalue weighted by Gasteiger charge is -2.13. The first-order valence-electron chi connectivity index (χ1n) is 5.17. The number of carbonyl (C=O) groups is 1. The molecule has 0 bridgehead atoms. The molecule has 0 radical (unpaired) electrons. The topological polar surface area (TPSA) is 75.3 Å². The van der Waals surface area contributed by atoms with Gasteiger partial charge in [0.05, 0.1) is 12.0 Å². The van der Waals surface area contributed by atoms with Gasteiger partial charge in [-0.25, -0.2) is 0 Å². The number of carboxylic acids is 1. The molecule has 18 heavy (non-hydrogen) atoms. The second-order valence-corrected chi connectivity index (χ2v) is 3.82. The molecule has 0 aromatic heterocycles. The van der Waals surface area contributed by atoms with Gasteiger partial charge in [0.15, 0.2) is 0 Å². The average molecular weight is 262 g/mol. The van der Waals surface area contributed by atoms with E-state index < -0.39 is 23.8 Å². The summed E-state index contributed by atoms with van der Waals surface area (Å²) in [5.74, 6) is -1.05. The number of anilines is 1. The molecule has 0 heterocycles. The number of benzene rings is 1. The molecule has 0 saturated heterocycles. The van der Waals surface area contributed by atoms with E-state index in [1.807, 2.05) is 0 Å². The Bertz CT molecular complexity index is 421. The summed E-state index contributed by atoms with van der Waals surface area (Å²) in [4.78, 5) is 10.4. The third-order valence-corrected chi connectivity index (χ3v) is 2.20. The average Bonchev–Trinajstić information content (AvgIpc) is 2.25. The van der Waals surface area contributed by atoms with Gasteiger partial charge in [0.1, 0.15) is 0 Å². The summed E-state index contributed by atoms with van der Waals surface area (Å²) in [6, 6.07) is 3.99. The van der Waals surface area contributed by atoms with Crippen molar-refractivity contribution in [1.82, 2.24) is 0 Å². The minimum Gasteiger partial charge on any atom is -0.481 e. The van der Waals surface area contributed by atoms with Crippen LogP contribution in [0.3, 0.4) is 0 Å². The molecule has 7 heteroatoms. The lowest BCUT2D eigenvalue weighted by Crippen LogP contribution is -2.31. The van der Waals surface area contributed by atoms with Crippen LogP contribution < -0.4 is 11.1 Å². The molecule has 0 aliphatic rings. The first-order chi connectivity index (χ1) is 8.29. The summed E-state index contributed by atoms with van der Waals surface area (Å²) in [5.41, 5.74) is 4.97. The number of halogens is 3. The Morgan fingerprint density at radius 3 is 2.67 bits per heavy atom. The molecule has 0 aliphatic carbocycles. The second-order valence-electron chi connectivity index (χ2n) is 3.82. The normalized spacial score (nSPS) is 13.1. The fourth-order valence-electron chi connectivity index (χ4n) is 1.35. The highest BCUT2D eigenvalue weighted by Gasteiger charge is 2.30. The molecule has 1 atom stereocenters. The smallest absolute Gasteiger partial charge is 0.416 e. The van der Waals surface area contributed by atoms with Gasteiger partial charge >= 0.3 is 12.1 Å². The molecule has 1 aromatic carbocycles. The number of nitrogens with two attached hydrogens (primary N) is 1. The maximum Gasteiger partial charge on any atom is 0.416 e. The summed E-state index contributed by atoms with van der Waals surface area (Å²) in [5, 5.41) is 11.1. The Labute approximate surface area is 102 Å². The zero-order valence-corrected chi connectivity index (χ0v) is 9.37. The third-order valence-electron chi connectivity index (χ3n) is 2.20. The molecular formula is C11H13F3N2O2. The maximum absolute atomic E-state index is 12.4. The SMILES string of the molecule is NC(CNc1cccc(C(F)(F)F)c1)CC(=O)O. The van der Waals surface area contributed by atoms with Gasteiger partial charge in [-0.15, -0.1) is 0 Å². The summed E-state index contributed by atoms with van der Waals surface area (Å²) in [7, 11) is 0. The maximum atomic E-state index is 12.4. The Morgan fingerprint density at radius 2 is 2.11 bits per heavy atom. The minimum absolute atomic E-state index is 0.0909. The van der Waals surface area contributed by atoms with E-state index in [0.29, 0.717) is 0 Å². The van der Waals surface area contributed by atoms with Crippen LogP contribution in [0.1, 0.15) is 12.0 Å². The minimum atomic E-state index is -4.40. The molecule has 1 aromatic rings. The molecule has 100 valence electrons. The predicted molar refractivity (Wildman–Crippen MR) is 60.2 cm³/mol. The number of carboxylic acid groups (broad SMARTS) is 1. The van der Waals surface area contributed by atoms with Crippen molar-refractivity contribution in [3.63, 3.8) is 0 Å². The zero-order chi connectivity index (χ0) is 13.8. The Kier molecular flexibility index (Phi) is 4.55. The summed E-state index contributed by atoms with van der Waals surface area (Å²) in [6.45, 7) is 0.0909. The van der Waals surface area contributed by atoms with Crippen molar-refractivity contribution in [2.45, 2.75) is 18.6 Å². The summed E-state index contributed by atoms with van der Waals surface area (Å²) >= 11 is 0. The fraction of sp³-hybridized carbons (Fsp3) is 0.364. The molecule has 0 fully saturated rings. The molecule has 0 amide bonds. The van der Waals surface area contributed by atoms with Gasteiger partial charge in [-0.1, -0.05) is 6.07 Å². The van der Waals surface area contributed by atoms with E-state index in [0.717, 1.165) is 12.1 Å². The number of nitrogens with one attached hydrogen (secondary N) is 1. The van der Waals surface area contributed by atoms with Crippen molar-refractivity contribution in [3.8, 4) is 0 Å². The number of hydrogen-bond acceptors (Lipinski definition) is 3. The van der Waals surface area contributed by atoms with Crippen molar-refractivity contribution < 1.29 is 23.1 Å². The van der Waals surface area contributed by atoms with Crippen LogP contribution in [0.4, 0.5) is 18.9 Å². The monoisotopic (exact) mass is 262 g/mol. The lowest BCUT2D eigenvalue weighted by molar-refractivity contribution is -0.138. The van der Waals surface area contributed by atoms with Crippen LogP contribution in [0.25, 0.3) is 0 Å². The Morgan fingerprint density at radius 1 is 1.44 bits per heavy atom. The number of aliphatic carboxylic acids is 1. The van der Waals surface area contributed by atoms with Crippen LogP contribution >= 0.6 is 0 Å². The van der Waals surface area contributed by atoms with Gasteiger partial charge in [-0.2, -0.15) is 13.2 Å². The van der Waals surface area contributed by atoms with Crippen molar-refractivity contribution in [1.29, 1.82) is 0 Å². The van der Waals surface area contributed by atoms with Crippen molar-refractivity contribution >= 4 is 11.7 Å². The summed E-state index contributed by atoms with van der Waals surface area (Å²) < 4.78 is 37.2. The van der Waals surface area contributed by atoms with Crippen LogP contribution in [0, 0.1) is 0 Å². The first kappa shape index (κ1) is 14.3. The van der Waals surface area contributed by atoms with E-state index in [-0.39, 0.29) is 18.7 Å². The van der Waals surface area contributed by atoms with Crippen LogP contribution in [0.15, 0.2) is 24.3 Å². The molecule has 4 N–H and O–H groups in total. The molecule has 0 spiro atoms. The highest BCUT2D eigenvalue weighted by molar-refractivity contribution is 5.67. The van der Waals surface area contributed by atoms with E-state index in [4.69, 9.17) is 10.8 Å². The standard InChI is InChI=1S/C11H13F3N2O2/c12-11(13,14)7-2-1-3-9(4-7)16-6-8(15)5-10(17)18/h1-4,8,16H,5-6,15H2,(H,17,18). The van der Waals surface area contributed by atoms with Crippen molar-refractivity contribution in [2.24, 2.45) is 5.73 Å². The first-order valence-corrected chi connectivity index (χ1v) is 5.17. The number of alkyl halides is 3. The number of rotatable bonds is 5. The molecule has 1 unspecified atom stereocenters. The van der Waals surface area contributed by atoms with Gasteiger partial charge < -0.3 is 16.2 Å². The van der Waals surface area contributed by atoms with E-state index in [1.165, 1.54) is 12.1 Å². The lowest BCUT2D eigenvalue weighted by atomic mass is 10.1. The quantitative estimate of drug-likeness (QED) is 0.757. The van der Waals surface area contributed by atoms with Gasteiger partial charge in [0.25, 0.3) is 0 Å². The fourth-order valence-corrected chi connectivity index (χ4v) is 1.35. The van der Waals surface area contributed by atoms with Crippen molar-refractivity contribution in [2.75, 3.05) is 11.9 Å². The van der Waals surface area contributed by atoms with E-state index in [2.05, 4.69) is 5.32 Å². The largest absolute Gasteiger partial charge is 0.481 e. The van der Waals surface area contributed by atoms with E-state index in [9.17, 15) is 18.0 Å². The van der Waals surface area contributed by atoms with Gasteiger partial charge in [-0.3, -0.25) is 4.79 Å². The van der Waals surface area contributed by atoms with Gasteiger partial charge in [0, 0.05) is 18.3 Å². The summed E-state index contributed by atoms with van der Waals surface area (Å²) in [6.07, 6.45) is -4.65. The molecule has 0 aliphatic heterocycles. The molecular weight excluding hydrogens is 249 g/mol.